The second-order valence-corrected chi connectivity index (χ2v) is 8.96. The zero-order chi connectivity index (χ0) is 28.0. The number of benzene rings is 1. The Labute approximate surface area is 217 Å². The van der Waals surface area contributed by atoms with E-state index < -0.39 is 23.8 Å². The van der Waals surface area contributed by atoms with Crippen molar-refractivity contribution in [3.63, 3.8) is 0 Å². The molecule has 1 rings (SSSR count). The van der Waals surface area contributed by atoms with Crippen molar-refractivity contribution < 1.29 is 47.6 Å². The fourth-order valence-corrected chi connectivity index (χ4v) is 3.00. The summed E-state index contributed by atoms with van der Waals surface area (Å²) in [5.74, 6) is -1.53. The minimum absolute atomic E-state index is 0.0213. The summed E-state index contributed by atoms with van der Waals surface area (Å²) in [7, 11) is 1.20. The number of carbonyl (C=O) groups excluding carboxylic acids is 4. The first-order valence-corrected chi connectivity index (χ1v) is 12.3. The predicted octanol–water partition coefficient (Wildman–Crippen LogP) is 4.18. The van der Waals surface area contributed by atoms with E-state index in [1.807, 2.05) is 27.7 Å². The molecule has 0 aliphatic rings. The summed E-state index contributed by atoms with van der Waals surface area (Å²) in [6, 6.07) is 4.32. The van der Waals surface area contributed by atoms with Gasteiger partial charge in [0.05, 0.1) is 32.8 Å². The van der Waals surface area contributed by atoms with Crippen LogP contribution in [0.4, 0.5) is 9.59 Å². The van der Waals surface area contributed by atoms with Gasteiger partial charge in [-0.2, -0.15) is 0 Å². The molecule has 0 aliphatic heterocycles. The van der Waals surface area contributed by atoms with Gasteiger partial charge in [0, 0.05) is 12.8 Å². The highest BCUT2D eigenvalue weighted by Crippen LogP contribution is 2.31. The third-order valence-corrected chi connectivity index (χ3v) is 5.52. The Morgan fingerprint density at radius 2 is 1.43 bits per heavy atom. The van der Waals surface area contributed by atoms with E-state index in [2.05, 4.69) is 0 Å². The molecule has 0 saturated carbocycles. The lowest BCUT2D eigenvalue weighted by Gasteiger charge is -2.27. The van der Waals surface area contributed by atoms with Gasteiger partial charge in [0.15, 0.2) is 11.5 Å². The Bertz CT molecular complexity index is 917. The zero-order valence-corrected chi connectivity index (χ0v) is 22.5. The highest BCUT2D eigenvalue weighted by molar-refractivity contribution is 5.81. The van der Waals surface area contributed by atoms with Crippen molar-refractivity contribution in [2.24, 2.45) is 17.6 Å². The molecule has 1 unspecified atom stereocenters. The Morgan fingerprint density at radius 1 is 0.865 bits per heavy atom. The van der Waals surface area contributed by atoms with Crippen molar-refractivity contribution in [2.45, 2.75) is 65.8 Å². The molecule has 1 aromatic carbocycles. The van der Waals surface area contributed by atoms with Gasteiger partial charge in [0.25, 0.3) is 0 Å². The van der Waals surface area contributed by atoms with Crippen LogP contribution in [-0.4, -0.2) is 56.7 Å². The monoisotopic (exact) mass is 525 g/mol. The van der Waals surface area contributed by atoms with Gasteiger partial charge >= 0.3 is 24.2 Å². The van der Waals surface area contributed by atoms with E-state index in [1.165, 1.54) is 19.2 Å². The lowest BCUT2D eigenvalue weighted by atomic mass is 9.88. The number of nitrogens with two attached hydrogens (primary N) is 1. The summed E-state index contributed by atoms with van der Waals surface area (Å²) in [5, 5.41) is 0. The third kappa shape index (κ3) is 10.7. The molecule has 0 spiro atoms. The minimum atomic E-state index is -1.56. The van der Waals surface area contributed by atoms with Crippen LogP contribution in [0.3, 0.4) is 0 Å². The van der Waals surface area contributed by atoms with Crippen LogP contribution in [0.25, 0.3) is 0 Å². The van der Waals surface area contributed by atoms with E-state index in [0.717, 1.165) is 0 Å². The summed E-state index contributed by atoms with van der Waals surface area (Å²) in [4.78, 5) is 48.8. The summed E-state index contributed by atoms with van der Waals surface area (Å²) >= 11 is 0. The number of hydrogen-bond donors (Lipinski definition) is 1. The lowest BCUT2D eigenvalue weighted by molar-refractivity contribution is -0.153. The third-order valence-electron chi connectivity index (χ3n) is 5.52. The van der Waals surface area contributed by atoms with Gasteiger partial charge < -0.3 is 34.2 Å². The van der Waals surface area contributed by atoms with Gasteiger partial charge in [-0.15, -0.1) is 0 Å². The zero-order valence-electron chi connectivity index (χ0n) is 22.5. The molecule has 11 heteroatoms. The summed E-state index contributed by atoms with van der Waals surface area (Å²) < 4.78 is 30.5. The average molecular weight is 526 g/mol. The van der Waals surface area contributed by atoms with Gasteiger partial charge in [-0.25, -0.2) is 9.59 Å². The first-order valence-electron chi connectivity index (χ1n) is 12.3. The van der Waals surface area contributed by atoms with Crippen LogP contribution in [0, 0.1) is 11.8 Å². The van der Waals surface area contributed by atoms with Crippen molar-refractivity contribution in [1.82, 2.24) is 0 Å². The topological polar surface area (TPSA) is 150 Å². The van der Waals surface area contributed by atoms with Crippen LogP contribution in [0.2, 0.25) is 0 Å². The van der Waals surface area contributed by atoms with Crippen LogP contribution < -0.4 is 15.2 Å². The molecule has 2 atom stereocenters. The number of carbonyl (C=O) groups is 4. The number of ether oxygens (including phenoxy) is 6. The smallest absolute Gasteiger partial charge is 0.468 e. The largest absolute Gasteiger partial charge is 0.513 e. The van der Waals surface area contributed by atoms with Crippen LogP contribution >= 0.6 is 0 Å². The molecule has 0 saturated heterocycles. The molecule has 37 heavy (non-hydrogen) atoms. The number of hydrogen-bond acceptors (Lipinski definition) is 11. The van der Waals surface area contributed by atoms with E-state index in [1.54, 1.807) is 13.0 Å². The minimum Gasteiger partial charge on any atom is -0.468 e. The van der Waals surface area contributed by atoms with Crippen LogP contribution in [0.5, 0.6) is 11.5 Å². The maximum atomic E-state index is 12.6. The van der Waals surface area contributed by atoms with Crippen LogP contribution in [0.15, 0.2) is 18.2 Å². The van der Waals surface area contributed by atoms with E-state index in [0.29, 0.717) is 18.4 Å². The van der Waals surface area contributed by atoms with Crippen molar-refractivity contribution in [1.29, 1.82) is 0 Å². The molecule has 11 nitrogen and oxygen atoms in total. The highest BCUT2D eigenvalue weighted by atomic mass is 16.7. The normalized spacial score (nSPS) is 13.2. The quantitative estimate of drug-likeness (QED) is 0.212. The van der Waals surface area contributed by atoms with E-state index >= 15 is 0 Å². The Hall–Kier alpha value is -3.34. The molecule has 0 amide bonds. The highest BCUT2D eigenvalue weighted by Gasteiger charge is 2.36. The maximum absolute atomic E-state index is 12.6. The molecule has 0 bridgehead atoms. The molecular weight excluding hydrogens is 486 g/mol. The van der Waals surface area contributed by atoms with Gasteiger partial charge in [-0.3, -0.25) is 9.59 Å². The SMILES string of the molecule is CCCOC(=O)Oc1ccc(C[C@](N)(CCOC(=O)C(C)C(C)C)C(=O)OC)cc1OC(=O)OCCC. The first-order chi connectivity index (χ1) is 17.5. The summed E-state index contributed by atoms with van der Waals surface area (Å²) in [5.41, 5.74) is 5.30. The van der Waals surface area contributed by atoms with Crippen LogP contribution in [-0.2, 0) is 35.0 Å². The number of methoxy groups -OCH3 is 1. The molecule has 0 aliphatic carbocycles. The Morgan fingerprint density at radius 3 is 1.95 bits per heavy atom. The molecule has 208 valence electrons. The Kier molecular flexibility index (Phi) is 13.4. The molecule has 0 aromatic heterocycles. The number of rotatable bonds is 14. The summed E-state index contributed by atoms with van der Waals surface area (Å²) in [6.45, 7) is 9.41. The number of esters is 2. The van der Waals surface area contributed by atoms with Gasteiger partial charge in [0.1, 0.15) is 5.54 Å². The molecule has 0 radical (unpaired) electrons. The van der Waals surface area contributed by atoms with Crippen molar-refractivity contribution in [3.8, 4) is 11.5 Å². The van der Waals surface area contributed by atoms with Gasteiger partial charge in [-0.05, 0) is 36.5 Å². The Balaban J connectivity index is 3.13. The van der Waals surface area contributed by atoms with E-state index in [-0.39, 0.29) is 62.0 Å². The summed E-state index contributed by atoms with van der Waals surface area (Å²) in [6.07, 6.45) is -0.870. The van der Waals surface area contributed by atoms with Crippen LogP contribution in [0.1, 0.15) is 59.4 Å². The predicted molar refractivity (Wildman–Crippen MR) is 133 cm³/mol. The molecule has 0 heterocycles. The molecule has 2 N–H and O–H groups in total. The van der Waals surface area contributed by atoms with Gasteiger partial charge in [0.2, 0.25) is 0 Å². The second kappa shape index (κ2) is 15.7. The standard InChI is InChI=1S/C26H39NO10/c1-7-12-34-24(30)36-20-10-9-19(15-21(20)37-25(31)35-13-8-2)16-26(27,23(29)32-6)11-14-33-22(28)18(5)17(3)4/h9-10,15,17-18H,7-8,11-14,16,27H2,1-6H3/t18?,26-/m1/s1. The first kappa shape index (κ1) is 31.7. The lowest BCUT2D eigenvalue weighted by Crippen LogP contribution is -2.51. The fourth-order valence-electron chi connectivity index (χ4n) is 3.00. The molecule has 1 aromatic rings. The van der Waals surface area contributed by atoms with Gasteiger partial charge in [-0.1, -0.05) is 40.7 Å². The second-order valence-electron chi connectivity index (χ2n) is 8.96. The molecule has 0 fully saturated rings. The fraction of sp³-hybridized carbons (Fsp3) is 0.615. The van der Waals surface area contributed by atoms with E-state index in [9.17, 15) is 19.2 Å². The maximum Gasteiger partial charge on any atom is 0.513 e. The molecular formula is C26H39NO10. The van der Waals surface area contributed by atoms with E-state index in [4.69, 9.17) is 34.2 Å². The van der Waals surface area contributed by atoms with Crippen molar-refractivity contribution in [3.05, 3.63) is 23.8 Å². The average Bonchev–Trinajstić information content (AvgIpc) is 2.86. The van der Waals surface area contributed by atoms with Crippen molar-refractivity contribution >= 4 is 24.2 Å². The van der Waals surface area contributed by atoms with Crippen molar-refractivity contribution in [2.75, 3.05) is 26.9 Å².